The molecule has 1 unspecified atom stereocenters. The summed E-state index contributed by atoms with van der Waals surface area (Å²) in [5.41, 5.74) is 2.34. The van der Waals surface area contributed by atoms with E-state index in [4.69, 9.17) is 4.52 Å². The molecule has 2 heterocycles. The van der Waals surface area contributed by atoms with Crippen molar-refractivity contribution < 1.29 is 14.4 Å². The van der Waals surface area contributed by atoms with E-state index in [2.05, 4.69) is 15.5 Å². The van der Waals surface area contributed by atoms with Crippen molar-refractivity contribution in [3.8, 4) is 0 Å². The molecule has 6 heteroatoms. The molecule has 1 fully saturated rings. The standard InChI is InChI=1S/C18H25N3O3/c1-11-10-14(16-12(2)21-24-18(16)19-11)17(23)20-15(8-9-22)13-6-4-3-5-7-13/h10,13,15,22H,3-9H2,1-2H3,(H,20,23). The summed E-state index contributed by atoms with van der Waals surface area (Å²) in [7, 11) is 0. The number of aryl methyl sites for hydroxylation is 2. The second-order valence-corrected chi connectivity index (χ2v) is 6.75. The molecule has 0 aliphatic heterocycles. The Bertz CT molecular complexity index is 720. The maximum Gasteiger partial charge on any atom is 0.258 e. The number of carbonyl (C=O) groups excluding carboxylic acids is 1. The first-order chi connectivity index (χ1) is 11.6. The van der Waals surface area contributed by atoms with Gasteiger partial charge in [0.15, 0.2) is 0 Å². The van der Waals surface area contributed by atoms with Crippen LogP contribution in [0.15, 0.2) is 10.6 Å². The summed E-state index contributed by atoms with van der Waals surface area (Å²) >= 11 is 0. The molecule has 130 valence electrons. The Labute approximate surface area is 141 Å². The van der Waals surface area contributed by atoms with Gasteiger partial charge >= 0.3 is 0 Å². The summed E-state index contributed by atoms with van der Waals surface area (Å²) in [6, 6.07) is 1.78. The molecule has 1 aliphatic rings. The van der Waals surface area contributed by atoms with E-state index in [9.17, 15) is 9.90 Å². The van der Waals surface area contributed by atoms with Gasteiger partial charge in [0, 0.05) is 18.3 Å². The predicted molar refractivity (Wildman–Crippen MR) is 90.8 cm³/mol. The Kier molecular flexibility index (Phi) is 5.14. The smallest absolute Gasteiger partial charge is 0.258 e. The number of hydrogen-bond donors (Lipinski definition) is 2. The van der Waals surface area contributed by atoms with Crippen LogP contribution in [0, 0.1) is 19.8 Å². The monoisotopic (exact) mass is 331 g/mol. The topological polar surface area (TPSA) is 88.2 Å². The number of aromatic nitrogens is 2. The van der Waals surface area contributed by atoms with Gasteiger partial charge in [0.1, 0.15) is 0 Å². The van der Waals surface area contributed by atoms with E-state index in [1.165, 1.54) is 19.3 Å². The van der Waals surface area contributed by atoms with E-state index in [0.29, 0.717) is 34.7 Å². The van der Waals surface area contributed by atoms with Gasteiger partial charge in [-0.25, -0.2) is 4.98 Å². The summed E-state index contributed by atoms with van der Waals surface area (Å²) in [5.74, 6) is 0.303. The molecule has 0 saturated heterocycles. The van der Waals surface area contributed by atoms with Gasteiger partial charge in [0.05, 0.1) is 16.6 Å². The Morgan fingerprint density at radius 1 is 1.38 bits per heavy atom. The number of aliphatic hydroxyl groups excluding tert-OH is 1. The predicted octanol–water partition coefficient (Wildman–Crippen LogP) is 2.90. The second-order valence-electron chi connectivity index (χ2n) is 6.75. The van der Waals surface area contributed by atoms with Crippen LogP contribution in [0.4, 0.5) is 0 Å². The SMILES string of the molecule is Cc1cc(C(=O)NC(CCO)C2CCCCC2)c2c(C)noc2n1. The highest BCUT2D eigenvalue weighted by Crippen LogP contribution is 2.28. The minimum Gasteiger partial charge on any atom is -0.396 e. The summed E-state index contributed by atoms with van der Waals surface area (Å²) in [6.07, 6.45) is 6.48. The number of carbonyl (C=O) groups is 1. The Balaban J connectivity index is 1.86. The summed E-state index contributed by atoms with van der Waals surface area (Å²) < 4.78 is 5.21. The minimum atomic E-state index is -0.138. The van der Waals surface area contributed by atoms with Crippen molar-refractivity contribution in [2.24, 2.45) is 5.92 Å². The van der Waals surface area contributed by atoms with Crippen LogP contribution in [0.1, 0.15) is 60.3 Å². The van der Waals surface area contributed by atoms with Gasteiger partial charge in [-0.2, -0.15) is 0 Å². The van der Waals surface area contributed by atoms with Crippen molar-refractivity contribution in [1.29, 1.82) is 0 Å². The molecule has 2 aromatic heterocycles. The molecule has 1 aliphatic carbocycles. The fraction of sp³-hybridized carbons (Fsp3) is 0.611. The molecule has 6 nitrogen and oxygen atoms in total. The first-order valence-corrected chi connectivity index (χ1v) is 8.75. The maximum absolute atomic E-state index is 12.9. The van der Waals surface area contributed by atoms with Crippen molar-refractivity contribution in [3.05, 3.63) is 23.0 Å². The van der Waals surface area contributed by atoms with Crippen LogP contribution in [-0.2, 0) is 0 Å². The summed E-state index contributed by atoms with van der Waals surface area (Å²) in [5, 5.41) is 17.1. The number of nitrogens with zero attached hydrogens (tertiary/aromatic N) is 2. The van der Waals surface area contributed by atoms with Crippen LogP contribution in [0.25, 0.3) is 11.1 Å². The molecule has 24 heavy (non-hydrogen) atoms. The molecule has 0 spiro atoms. The average Bonchev–Trinajstić information content (AvgIpc) is 2.95. The zero-order chi connectivity index (χ0) is 17.1. The zero-order valence-corrected chi connectivity index (χ0v) is 14.3. The van der Waals surface area contributed by atoms with Crippen LogP contribution in [0.2, 0.25) is 0 Å². The summed E-state index contributed by atoms with van der Waals surface area (Å²) in [6.45, 7) is 3.73. The first-order valence-electron chi connectivity index (χ1n) is 8.75. The third kappa shape index (κ3) is 3.43. The maximum atomic E-state index is 12.9. The molecule has 1 amide bonds. The van der Waals surface area contributed by atoms with Crippen LogP contribution in [-0.4, -0.2) is 33.8 Å². The molecule has 0 aromatic carbocycles. The van der Waals surface area contributed by atoms with Crippen molar-refractivity contribution in [1.82, 2.24) is 15.5 Å². The van der Waals surface area contributed by atoms with Gasteiger partial charge in [0.25, 0.3) is 11.6 Å². The van der Waals surface area contributed by atoms with Crippen molar-refractivity contribution >= 4 is 17.0 Å². The lowest BCUT2D eigenvalue weighted by molar-refractivity contribution is 0.0901. The van der Waals surface area contributed by atoms with Crippen LogP contribution < -0.4 is 5.32 Å². The van der Waals surface area contributed by atoms with Crippen LogP contribution in [0.3, 0.4) is 0 Å². The molecule has 1 saturated carbocycles. The third-order valence-corrected chi connectivity index (χ3v) is 4.97. The van der Waals surface area contributed by atoms with Gasteiger partial charge < -0.3 is 14.9 Å². The van der Waals surface area contributed by atoms with Crippen molar-refractivity contribution in [3.63, 3.8) is 0 Å². The first kappa shape index (κ1) is 16.9. The molecular weight excluding hydrogens is 306 g/mol. The largest absolute Gasteiger partial charge is 0.396 e. The highest BCUT2D eigenvalue weighted by atomic mass is 16.5. The number of hydrogen-bond acceptors (Lipinski definition) is 5. The van der Waals surface area contributed by atoms with E-state index < -0.39 is 0 Å². The molecule has 2 aromatic rings. The molecule has 0 bridgehead atoms. The number of rotatable bonds is 5. The van der Waals surface area contributed by atoms with Gasteiger partial charge in [-0.3, -0.25) is 4.79 Å². The van der Waals surface area contributed by atoms with Crippen molar-refractivity contribution in [2.45, 2.75) is 58.4 Å². The average molecular weight is 331 g/mol. The lowest BCUT2D eigenvalue weighted by Crippen LogP contribution is -2.41. The Morgan fingerprint density at radius 2 is 2.12 bits per heavy atom. The van der Waals surface area contributed by atoms with Gasteiger partial charge in [-0.15, -0.1) is 0 Å². The molecule has 3 rings (SSSR count). The van der Waals surface area contributed by atoms with Crippen molar-refractivity contribution in [2.75, 3.05) is 6.61 Å². The van der Waals surface area contributed by atoms with Gasteiger partial charge in [0.2, 0.25) is 0 Å². The van der Waals surface area contributed by atoms with E-state index >= 15 is 0 Å². The van der Waals surface area contributed by atoms with E-state index in [-0.39, 0.29) is 18.6 Å². The fourth-order valence-corrected chi connectivity index (χ4v) is 3.74. The Morgan fingerprint density at radius 3 is 2.83 bits per heavy atom. The zero-order valence-electron chi connectivity index (χ0n) is 14.3. The molecular formula is C18H25N3O3. The Hall–Kier alpha value is -1.95. The lowest BCUT2D eigenvalue weighted by Gasteiger charge is -2.30. The fourth-order valence-electron chi connectivity index (χ4n) is 3.74. The van der Waals surface area contributed by atoms with Crippen LogP contribution in [0.5, 0.6) is 0 Å². The number of fused-ring (bicyclic) bond motifs is 1. The van der Waals surface area contributed by atoms with Gasteiger partial charge in [-0.1, -0.05) is 24.4 Å². The molecule has 1 atom stereocenters. The normalized spacial score (nSPS) is 17.1. The highest BCUT2D eigenvalue weighted by molar-refractivity contribution is 6.06. The van der Waals surface area contributed by atoms with E-state index in [1.807, 2.05) is 13.8 Å². The molecule has 2 N–H and O–H groups in total. The van der Waals surface area contributed by atoms with E-state index in [0.717, 1.165) is 18.5 Å². The lowest BCUT2D eigenvalue weighted by atomic mass is 9.82. The third-order valence-electron chi connectivity index (χ3n) is 4.97. The van der Waals surface area contributed by atoms with Crippen LogP contribution >= 0.6 is 0 Å². The quantitative estimate of drug-likeness (QED) is 0.879. The van der Waals surface area contributed by atoms with E-state index in [1.54, 1.807) is 6.07 Å². The number of amides is 1. The highest BCUT2D eigenvalue weighted by Gasteiger charge is 2.26. The molecule has 0 radical (unpaired) electrons. The number of aliphatic hydroxyl groups is 1. The summed E-state index contributed by atoms with van der Waals surface area (Å²) in [4.78, 5) is 17.2. The van der Waals surface area contributed by atoms with Gasteiger partial charge in [-0.05, 0) is 45.1 Å². The minimum absolute atomic E-state index is 0.00601. The number of nitrogens with one attached hydrogen (secondary N) is 1. The number of pyridine rings is 1. The second kappa shape index (κ2) is 7.30.